The third-order valence-electron chi connectivity index (χ3n) is 2.70. The van der Waals surface area contributed by atoms with Crippen molar-refractivity contribution < 1.29 is 0 Å². The number of hydrogen-bond donors (Lipinski definition) is 1. The van der Waals surface area contributed by atoms with E-state index in [0.717, 1.165) is 11.1 Å². The first kappa shape index (κ1) is 10.3. The van der Waals surface area contributed by atoms with Crippen LogP contribution in [0.25, 0.3) is 21.4 Å². The van der Waals surface area contributed by atoms with Gasteiger partial charge in [-0.2, -0.15) is 5.10 Å². The van der Waals surface area contributed by atoms with Crippen molar-refractivity contribution >= 4 is 22.5 Å². The molecule has 0 atom stereocenters. The maximum absolute atomic E-state index is 6.95. The van der Waals surface area contributed by atoms with Crippen molar-refractivity contribution in [2.24, 2.45) is 0 Å². The van der Waals surface area contributed by atoms with E-state index < -0.39 is 0 Å². The first-order valence-electron chi connectivity index (χ1n) is 5.37. The highest BCUT2D eigenvalue weighted by molar-refractivity contribution is 5.91. The van der Waals surface area contributed by atoms with Crippen molar-refractivity contribution in [1.82, 2.24) is 14.8 Å². The van der Waals surface area contributed by atoms with Gasteiger partial charge in [-0.25, -0.2) is 4.68 Å². The molecule has 0 spiro atoms. The maximum Gasteiger partial charge on any atom is 0.270 e. The van der Waals surface area contributed by atoms with Crippen LogP contribution in [0.3, 0.4) is 0 Å². The molecule has 86 valence electrons. The number of nitrogen functional groups attached to an aromatic ring is 1. The predicted octanol–water partition coefficient (Wildman–Crippen LogP) is 2.55. The Morgan fingerprint density at radius 2 is 2.00 bits per heavy atom. The van der Waals surface area contributed by atoms with Gasteiger partial charge in [0.05, 0.1) is 5.69 Å². The summed E-state index contributed by atoms with van der Waals surface area (Å²) in [4.78, 5) is 7.28. The smallest absolute Gasteiger partial charge is 0.270 e. The first-order chi connectivity index (χ1) is 8.79. The van der Waals surface area contributed by atoms with Crippen molar-refractivity contribution in [1.29, 1.82) is 0 Å². The molecule has 0 bridgehead atoms. The molecular weight excluding hydrogens is 226 g/mol. The topological polar surface area (TPSA) is 61.1 Å². The molecule has 0 saturated carbocycles. The van der Waals surface area contributed by atoms with Gasteiger partial charge in [0, 0.05) is 5.39 Å². The first-order valence-corrected chi connectivity index (χ1v) is 5.37. The lowest BCUT2D eigenvalue weighted by atomic mass is 10.3. The van der Waals surface area contributed by atoms with E-state index in [2.05, 4.69) is 14.9 Å². The second kappa shape index (κ2) is 3.86. The summed E-state index contributed by atoms with van der Waals surface area (Å²) < 4.78 is 1.65. The second-order valence-corrected chi connectivity index (χ2v) is 3.80. The SMILES string of the molecule is [C-]#[N+]c1cc2c(N)n(-c3ccccc3)nc2cn1. The molecule has 0 amide bonds. The molecule has 0 aliphatic carbocycles. The molecule has 0 unspecified atom stereocenters. The number of nitrogens with two attached hydrogens (primary N) is 1. The van der Waals surface area contributed by atoms with Crippen molar-refractivity contribution in [2.45, 2.75) is 0 Å². The molecule has 5 heteroatoms. The normalized spacial score (nSPS) is 10.4. The Kier molecular flexibility index (Phi) is 2.21. The molecule has 1 aromatic carbocycles. The summed E-state index contributed by atoms with van der Waals surface area (Å²) in [5.74, 6) is 0.838. The van der Waals surface area contributed by atoms with E-state index in [4.69, 9.17) is 12.3 Å². The van der Waals surface area contributed by atoms with Crippen LogP contribution in [0, 0.1) is 6.57 Å². The molecule has 3 rings (SSSR count). The Bertz CT molecular complexity index is 752. The summed E-state index contributed by atoms with van der Waals surface area (Å²) in [5, 5.41) is 5.13. The largest absolute Gasteiger partial charge is 0.383 e. The van der Waals surface area contributed by atoms with Crippen LogP contribution in [-0.4, -0.2) is 14.8 Å². The maximum atomic E-state index is 6.95. The van der Waals surface area contributed by atoms with Gasteiger partial charge in [0.25, 0.3) is 5.82 Å². The van der Waals surface area contributed by atoms with Crippen LogP contribution in [0.2, 0.25) is 0 Å². The van der Waals surface area contributed by atoms with E-state index >= 15 is 0 Å². The van der Waals surface area contributed by atoms with Crippen LogP contribution in [0.5, 0.6) is 0 Å². The number of aromatic nitrogens is 3. The Hall–Kier alpha value is -2.87. The highest BCUT2D eigenvalue weighted by atomic mass is 15.3. The number of hydrogen-bond acceptors (Lipinski definition) is 3. The van der Waals surface area contributed by atoms with Crippen molar-refractivity contribution in [2.75, 3.05) is 5.73 Å². The number of nitrogens with zero attached hydrogens (tertiary/aromatic N) is 4. The minimum atomic E-state index is 0.321. The lowest BCUT2D eigenvalue weighted by Crippen LogP contribution is -2.00. The van der Waals surface area contributed by atoms with Gasteiger partial charge in [-0.1, -0.05) is 24.8 Å². The summed E-state index contributed by atoms with van der Waals surface area (Å²) in [5.41, 5.74) is 7.63. The van der Waals surface area contributed by atoms with Crippen LogP contribution in [0.4, 0.5) is 11.6 Å². The van der Waals surface area contributed by atoms with Crippen LogP contribution >= 0.6 is 0 Å². The average molecular weight is 235 g/mol. The van der Waals surface area contributed by atoms with E-state index in [-0.39, 0.29) is 0 Å². The number of anilines is 1. The van der Waals surface area contributed by atoms with E-state index in [0.29, 0.717) is 17.2 Å². The van der Waals surface area contributed by atoms with Crippen LogP contribution in [0.1, 0.15) is 0 Å². The summed E-state index contributed by atoms with van der Waals surface area (Å²) in [6.07, 6.45) is 1.57. The molecule has 2 aromatic heterocycles. The van der Waals surface area contributed by atoms with Gasteiger partial charge < -0.3 is 10.6 Å². The van der Waals surface area contributed by atoms with Crippen molar-refractivity contribution in [3.05, 3.63) is 54.0 Å². The van der Waals surface area contributed by atoms with Crippen LogP contribution in [0.15, 0.2) is 42.6 Å². The zero-order valence-electron chi connectivity index (χ0n) is 9.41. The number of pyridine rings is 1. The van der Waals surface area contributed by atoms with Crippen molar-refractivity contribution in [3.63, 3.8) is 0 Å². The Labute approximate surface area is 103 Å². The minimum Gasteiger partial charge on any atom is -0.383 e. The van der Waals surface area contributed by atoms with Gasteiger partial charge in [0.1, 0.15) is 17.5 Å². The third kappa shape index (κ3) is 1.48. The third-order valence-corrected chi connectivity index (χ3v) is 2.70. The predicted molar refractivity (Wildman–Crippen MR) is 69.5 cm³/mol. The molecule has 18 heavy (non-hydrogen) atoms. The molecule has 0 aliphatic rings. The standard InChI is InChI=1S/C13H9N5/c1-15-12-7-10-11(8-16-12)17-18(13(10)14)9-5-3-2-4-6-9/h2-8H,14H2. The summed E-state index contributed by atoms with van der Waals surface area (Å²) in [6, 6.07) is 11.3. The zero-order chi connectivity index (χ0) is 12.5. The van der Waals surface area contributed by atoms with Gasteiger partial charge >= 0.3 is 0 Å². The van der Waals surface area contributed by atoms with E-state index in [1.165, 1.54) is 0 Å². The van der Waals surface area contributed by atoms with E-state index in [1.54, 1.807) is 16.9 Å². The van der Waals surface area contributed by atoms with E-state index in [1.807, 2.05) is 30.3 Å². The minimum absolute atomic E-state index is 0.321. The number of para-hydroxylation sites is 1. The fraction of sp³-hybridized carbons (Fsp3) is 0. The lowest BCUT2D eigenvalue weighted by Gasteiger charge is -2.02. The molecule has 2 N–H and O–H groups in total. The molecule has 0 fully saturated rings. The molecule has 0 aliphatic heterocycles. The summed E-state index contributed by atoms with van der Waals surface area (Å²) in [6.45, 7) is 6.95. The Balaban J connectivity index is 2.27. The highest BCUT2D eigenvalue weighted by Crippen LogP contribution is 2.25. The van der Waals surface area contributed by atoms with Gasteiger partial charge in [-0.05, 0) is 18.2 Å². The molecule has 5 nitrogen and oxygen atoms in total. The van der Waals surface area contributed by atoms with Crippen LogP contribution < -0.4 is 5.73 Å². The fourth-order valence-corrected chi connectivity index (χ4v) is 1.82. The van der Waals surface area contributed by atoms with Gasteiger partial charge in [0.2, 0.25) is 0 Å². The van der Waals surface area contributed by atoms with Gasteiger partial charge in [-0.3, -0.25) is 0 Å². The number of rotatable bonds is 1. The van der Waals surface area contributed by atoms with Crippen molar-refractivity contribution in [3.8, 4) is 5.69 Å². The van der Waals surface area contributed by atoms with Gasteiger partial charge in [0.15, 0.2) is 0 Å². The van der Waals surface area contributed by atoms with Gasteiger partial charge in [-0.15, -0.1) is 4.98 Å². The molecule has 0 radical (unpaired) electrons. The zero-order valence-corrected chi connectivity index (χ0v) is 9.41. The molecule has 3 aromatic rings. The highest BCUT2D eigenvalue weighted by Gasteiger charge is 2.11. The summed E-state index contributed by atoms with van der Waals surface area (Å²) >= 11 is 0. The fourth-order valence-electron chi connectivity index (χ4n) is 1.82. The quantitative estimate of drug-likeness (QED) is 0.659. The number of fused-ring (bicyclic) bond motifs is 1. The Morgan fingerprint density at radius 1 is 1.22 bits per heavy atom. The molecular formula is C13H9N5. The molecule has 2 heterocycles. The Morgan fingerprint density at radius 3 is 2.72 bits per heavy atom. The monoisotopic (exact) mass is 235 g/mol. The van der Waals surface area contributed by atoms with E-state index in [9.17, 15) is 0 Å². The van der Waals surface area contributed by atoms with Crippen LogP contribution in [-0.2, 0) is 0 Å². The molecule has 0 saturated heterocycles. The lowest BCUT2D eigenvalue weighted by molar-refractivity contribution is 0.907. The summed E-state index contributed by atoms with van der Waals surface area (Å²) in [7, 11) is 0. The second-order valence-electron chi connectivity index (χ2n) is 3.80. The number of benzene rings is 1. The average Bonchev–Trinajstić information content (AvgIpc) is 2.77.